The summed E-state index contributed by atoms with van der Waals surface area (Å²) in [6.45, 7) is 9.73. The number of aliphatic hydroxyl groups is 1. The summed E-state index contributed by atoms with van der Waals surface area (Å²) in [7, 11) is 0. The van der Waals surface area contributed by atoms with Crippen molar-refractivity contribution in [2.24, 2.45) is 5.92 Å². The molecule has 0 spiro atoms. The van der Waals surface area contributed by atoms with Gasteiger partial charge in [-0.05, 0) is 38.6 Å². The van der Waals surface area contributed by atoms with Gasteiger partial charge < -0.3 is 10.4 Å². The molecule has 0 aliphatic heterocycles. The van der Waals surface area contributed by atoms with Gasteiger partial charge >= 0.3 is 0 Å². The van der Waals surface area contributed by atoms with Crippen LogP contribution < -0.4 is 5.32 Å². The average molecular weight is 245 g/mol. The molecular formula is C13H27NOS. The van der Waals surface area contributed by atoms with Crippen molar-refractivity contribution in [3.8, 4) is 0 Å². The minimum Gasteiger partial charge on any atom is -0.392 e. The van der Waals surface area contributed by atoms with Gasteiger partial charge in [0.1, 0.15) is 0 Å². The van der Waals surface area contributed by atoms with Crippen molar-refractivity contribution in [3.05, 3.63) is 0 Å². The molecule has 16 heavy (non-hydrogen) atoms. The first-order valence-electron chi connectivity index (χ1n) is 6.63. The SMILES string of the molecule is CCCNC1CCC(SC(C)C(C)O)C1C. The summed E-state index contributed by atoms with van der Waals surface area (Å²) in [6.07, 6.45) is 3.61. The Morgan fingerprint density at radius 1 is 1.38 bits per heavy atom. The monoisotopic (exact) mass is 245 g/mol. The first-order valence-corrected chi connectivity index (χ1v) is 7.57. The van der Waals surface area contributed by atoms with Crippen molar-refractivity contribution in [1.29, 1.82) is 0 Å². The number of hydrogen-bond donors (Lipinski definition) is 2. The molecule has 0 aromatic carbocycles. The summed E-state index contributed by atoms with van der Waals surface area (Å²) in [5.41, 5.74) is 0. The Labute approximate surface area is 105 Å². The molecule has 2 N–H and O–H groups in total. The van der Waals surface area contributed by atoms with Crippen molar-refractivity contribution in [1.82, 2.24) is 5.32 Å². The van der Waals surface area contributed by atoms with E-state index in [0.717, 1.165) is 17.7 Å². The molecule has 1 rings (SSSR count). The molecule has 1 aliphatic rings. The number of aliphatic hydroxyl groups excluding tert-OH is 1. The van der Waals surface area contributed by atoms with Crippen LogP contribution in [0.2, 0.25) is 0 Å². The van der Waals surface area contributed by atoms with Crippen molar-refractivity contribution < 1.29 is 5.11 Å². The zero-order chi connectivity index (χ0) is 12.1. The third-order valence-electron chi connectivity index (χ3n) is 3.71. The second-order valence-corrected chi connectivity index (χ2v) is 6.74. The van der Waals surface area contributed by atoms with Gasteiger partial charge in [0.25, 0.3) is 0 Å². The fourth-order valence-corrected chi connectivity index (χ4v) is 3.82. The minimum absolute atomic E-state index is 0.195. The van der Waals surface area contributed by atoms with E-state index in [1.165, 1.54) is 19.3 Å². The van der Waals surface area contributed by atoms with E-state index in [-0.39, 0.29) is 6.10 Å². The maximum absolute atomic E-state index is 9.54. The largest absolute Gasteiger partial charge is 0.392 e. The molecule has 2 nitrogen and oxygen atoms in total. The van der Waals surface area contributed by atoms with Crippen LogP contribution in [0.25, 0.3) is 0 Å². The van der Waals surface area contributed by atoms with E-state index >= 15 is 0 Å². The Kier molecular flexibility index (Phi) is 6.16. The Bertz CT molecular complexity index is 198. The summed E-state index contributed by atoms with van der Waals surface area (Å²) in [5, 5.41) is 14.3. The first kappa shape index (κ1) is 14.3. The molecule has 0 bridgehead atoms. The Balaban J connectivity index is 2.35. The van der Waals surface area contributed by atoms with E-state index in [1.807, 2.05) is 18.7 Å². The molecule has 0 aromatic heterocycles. The molecule has 1 saturated carbocycles. The fraction of sp³-hybridized carbons (Fsp3) is 1.00. The Morgan fingerprint density at radius 3 is 2.62 bits per heavy atom. The topological polar surface area (TPSA) is 32.3 Å². The first-order chi connectivity index (χ1) is 7.56. The van der Waals surface area contributed by atoms with Crippen LogP contribution >= 0.6 is 11.8 Å². The third-order valence-corrected chi connectivity index (χ3v) is 5.55. The van der Waals surface area contributed by atoms with Crippen molar-refractivity contribution >= 4 is 11.8 Å². The molecule has 0 heterocycles. The van der Waals surface area contributed by atoms with Gasteiger partial charge in [-0.1, -0.05) is 20.8 Å². The van der Waals surface area contributed by atoms with Crippen LogP contribution in [0.3, 0.4) is 0 Å². The highest BCUT2D eigenvalue weighted by molar-refractivity contribution is 8.00. The molecular weight excluding hydrogens is 218 g/mol. The van der Waals surface area contributed by atoms with Crippen molar-refractivity contribution in [2.45, 2.75) is 69.6 Å². The van der Waals surface area contributed by atoms with Crippen molar-refractivity contribution in [3.63, 3.8) is 0 Å². The van der Waals surface area contributed by atoms with Gasteiger partial charge in [0.2, 0.25) is 0 Å². The highest BCUT2D eigenvalue weighted by Gasteiger charge is 2.33. The number of rotatable bonds is 6. The highest BCUT2D eigenvalue weighted by atomic mass is 32.2. The average Bonchev–Trinajstić information content (AvgIpc) is 2.57. The summed E-state index contributed by atoms with van der Waals surface area (Å²) < 4.78 is 0. The van der Waals surface area contributed by atoms with Gasteiger partial charge in [-0.25, -0.2) is 0 Å². The molecule has 0 saturated heterocycles. The van der Waals surface area contributed by atoms with E-state index in [2.05, 4.69) is 26.1 Å². The smallest absolute Gasteiger partial charge is 0.0628 e. The van der Waals surface area contributed by atoms with Gasteiger partial charge in [-0.15, -0.1) is 0 Å². The van der Waals surface area contributed by atoms with Crippen LogP contribution in [0.4, 0.5) is 0 Å². The standard InChI is InChI=1S/C13H27NOS/c1-5-8-14-12-6-7-13(9(12)2)16-11(4)10(3)15/h9-15H,5-8H2,1-4H3. The molecule has 96 valence electrons. The van der Waals surface area contributed by atoms with E-state index in [1.54, 1.807) is 0 Å². The predicted octanol–water partition coefficient (Wildman–Crippen LogP) is 2.66. The number of hydrogen-bond acceptors (Lipinski definition) is 3. The number of nitrogens with one attached hydrogen (secondary N) is 1. The summed E-state index contributed by atoms with van der Waals surface area (Å²) in [4.78, 5) is 0. The zero-order valence-corrected chi connectivity index (χ0v) is 11.9. The summed E-state index contributed by atoms with van der Waals surface area (Å²) in [6, 6.07) is 0.693. The fourth-order valence-electron chi connectivity index (χ4n) is 2.33. The maximum Gasteiger partial charge on any atom is 0.0628 e. The number of thioether (sulfide) groups is 1. The van der Waals surface area contributed by atoms with Gasteiger partial charge in [-0.3, -0.25) is 0 Å². The Hall–Kier alpha value is 0.270. The second kappa shape index (κ2) is 6.87. The third kappa shape index (κ3) is 3.94. The van der Waals surface area contributed by atoms with Crippen LogP contribution in [-0.2, 0) is 0 Å². The van der Waals surface area contributed by atoms with Crippen LogP contribution in [0.15, 0.2) is 0 Å². The zero-order valence-electron chi connectivity index (χ0n) is 11.1. The molecule has 0 amide bonds. The van der Waals surface area contributed by atoms with Crippen molar-refractivity contribution in [2.75, 3.05) is 6.54 Å². The highest BCUT2D eigenvalue weighted by Crippen LogP contribution is 2.37. The second-order valence-electron chi connectivity index (χ2n) is 5.12. The molecule has 1 fully saturated rings. The van der Waals surface area contributed by atoms with E-state index in [0.29, 0.717) is 11.3 Å². The predicted molar refractivity (Wildman–Crippen MR) is 73.0 cm³/mol. The minimum atomic E-state index is -0.195. The molecule has 0 aromatic rings. The van der Waals surface area contributed by atoms with Crippen LogP contribution in [0, 0.1) is 5.92 Å². The van der Waals surface area contributed by atoms with Gasteiger partial charge in [0.15, 0.2) is 0 Å². The molecule has 1 aliphatic carbocycles. The lowest BCUT2D eigenvalue weighted by molar-refractivity contribution is 0.196. The quantitative estimate of drug-likeness (QED) is 0.754. The normalized spacial score (nSPS) is 33.9. The Morgan fingerprint density at radius 2 is 2.06 bits per heavy atom. The van der Waals surface area contributed by atoms with E-state index < -0.39 is 0 Å². The molecule has 0 radical (unpaired) electrons. The van der Waals surface area contributed by atoms with E-state index in [4.69, 9.17) is 0 Å². The van der Waals surface area contributed by atoms with Gasteiger partial charge in [-0.2, -0.15) is 11.8 Å². The molecule has 5 atom stereocenters. The van der Waals surface area contributed by atoms with Crippen LogP contribution in [-0.4, -0.2) is 34.3 Å². The molecule has 3 heteroatoms. The van der Waals surface area contributed by atoms with Crippen LogP contribution in [0.5, 0.6) is 0 Å². The molecule has 5 unspecified atom stereocenters. The lowest BCUT2D eigenvalue weighted by atomic mass is 10.1. The maximum atomic E-state index is 9.54. The summed E-state index contributed by atoms with van der Waals surface area (Å²) >= 11 is 1.97. The van der Waals surface area contributed by atoms with E-state index in [9.17, 15) is 5.11 Å². The van der Waals surface area contributed by atoms with Gasteiger partial charge in [0.05, 0.1) is 6.10 Å². The van der Waals surface area contributed by atoms with Gasteiger partial charge in [0, 0.05) is 16.5 Å². The summed E-state index contributed by atoms with van der Waals surface area (Å²) in [5.74, 6) is 0.734. The lowest BCUT2D eigenvalue weighted by Gasteiger charge is -2.25. The lowest BCUT2D eigenvalue weighted by Crippen LogP contribution is -2.34. The van der Waals surface area contributed by atoms with Crippen LogP contribution in [0.1, 0.15) is 47.0 Å².